The molecule has 0 spiro atoms. The molecule has 1 aromatic carbocycles. The molecule has 1 saturated heterocycles. The first kappa shape index (κ1) is 13.8. The van der Waals surface area contributed by atoms with Crippen molar-refractivity contribution in [3.8, 4) is 5.75 Å². The normalized spacial score (nSPS) is 24.5. The Bertz CT molecular complexity index is 436. The Morgan fingerprint density at radius 2 is 2.22 bits per heavy atom. The van der Waals surface area contributed by atoms with Gasteiger partial charge in [-0.1, -0.05) is 15.9 Å². The molecule has 0 aromatic heterocycles. The Balaban J connectivity index is 2.31. The van der Waals surface area contributed by atoms with Gasteiger partial charge in [-0.3, -0.25) is 4.90 Å². The zero-order valence-corrected chi connectivity index (χ0v) is 12.8. The lowest BCUT2D eigenvalue weighted by atomic mass is 9.98. The summed E-state index contributed by atoms with van der Waals surface area (Å²) in [5.74, 6) is 1.55. The van der Waals surface area contributed by atoms with Crippen LogP contribution in [0.2, 0.25) is 0 Å². The average Bonchev–Trinajstić information content (AvgIpc) is 2.74. The number of nitrogens with two attached hydrogens (primary N) is 1. The lowest BCUT2D eigenvalue weighted by Crippen LogP contribution is -2.20. The number of hydrogen-bond acceptors (Lipinski definition) is 3. The van der Waals surface area contributed by atoms with Crippen molar-refractivity contribution in [2.75, 3.05) is 27.2 Å². The maximum absolute atomic E-state index is 5.79. The summed E-state index contributed by atoms with van der Waals surface area (Å²) in [6, 6.07) is 4.81. The Hall–Kier alpha value is -0.580. The van der Waals surface area contributed by atoms with Crippen LogP contribution in [0.1, 0.15) is 23.6 Å². The van der Waals surface area contributed by atoms with Crippen molar-refractivity contribution in [2.24, 2.45) is 11.7 Å². The fourth-order valence-corrected chi connectivity index (χ4v) is 3.20. The quantitative estimate of drug-likeness (QED) is 0.932. The standard InChI is InChI=1S/C14H21BrN2O/c1-9-12(15)5-11(6-14(9)18-3)13-4-10(7-16)8-17(13)2/h5-6,10,13H,4,7-8,16H2,1-3H3. The first-order valence-corrected chi connectivity index (χ1v) is 7.10. The third kappa shape index (κ3) is 2.56. The van der Waals surface area contributed by atoms with Crippen molar-refractivity contribution in [1.82, 2.24) is 4.90 Å². The van der Waals surface area contributed by atoms with Crippen LogP contribution in [0, 0.1) is 12.8 Å². The fraction of sp³-hybridized carbons (Fsp3) is 0.571. The van der Waals surface area contributed by atoms with E-state index in [1.165, 1.54) is 5.56 Å². The molecule has 2 rings (SSSR count). The van der Waals surface area contributed by atoms with Crippen LogP contribution in [0.15, 0.2) is 16.6 Å². The predicted molar refractivity (Wildman–Crippen MR) is 78.0 cm³/mol. The minimum Gasteiger partial charge on any atom is -0.496 e. The largest absolute Gasteiger partial charge is 0.496 e. The molecule has 100 valence electrons. The van der Waals surface area contributed by atoms with Gasteiger partial charge < -0.3 is 10.5 Å². The zero-order valence-electron chi connectivity index (χ0n) is 11.2. The Morgan fingerprint density at radius 1 is 1.50 bits per heavy atom. The summed E-state index contributed by atoms with van der Waals surface area (Å²) in [5, 5.41) is 0. The van der Waals surface area contributed by atoms with Gasteiger partial charge in [-0.15, -0.1) is 0 Å². The highest BCUT2D eigenvalue weighted by Crippen LogP contribution is 2.38. The maximum Gasteiger partial charge on any atom is 0.123 e. The van der Waals surface area contributed by atoms with E-state index in [-0.39, 0.29) is 0 Å². The number of ether oxygens (including phenoxy) is 1. The summed E-state index contributed by atoms with van der Waals surface area (Å²) in [5.41, 5.74) is 8.24. The van der Waals surface area contributed by atoms with E-state index in [0.717, 1.165) is 35.3 Å². The summed E-state index contributed by atoms with van der Waals surface area (Å²) < 4.78 is 6.55. The van der Waals surface area contributed by atoms with E-state index in [4.69, 9.17) is 10.5 Å². The topological polar surface area (TPSA) is 38.5 Å². The lowest BCUT2D eigenvalue weighted by Gasteiger charge is -2.21. The Morgan fingerprint density at radius 3 is 2.78 bits per heavy atom. The molecule has 18 heavy (non-hydrogen) atoms. The first-order chi connectivity index (χ1) is 8.56. The monoisotopic (exact) mass is 312 g/mol. The van der Waals surface area contributed by atoms with Crippen molar-refractivity contribution in [2.45, 2.75) is 19.4 Å². The number of benzene rings is 1. The van der Waals surface area contributed by atoms with Gasteiger partial charge in [0.05, 0.1) is 7.11 Å². The van der Waals surface area contributed by atoms with Gasteiger partial charge in [0.2, 0.25) is 0 Å². The summed E-state index contributed by atoms with van der Waals surface area (Å²) in [6.45, 7) is 3.91. The number of likely N-dealkylation sites (tertiary alicyclic amines) is 1. The van der Waals surface area contributed by atoms with Crippen LogP contribution in [0.5, 0.6) is 5.75 Å². The van der Waals surface area contributed by atoms with Gasteiger partial charge in [-0.05, 0) is 50.6 Å². The van der Waals surface area contributed by atoms with E-state index < -0.39 is 0 Å². The van der Waals surface area contributed by atoms with Gasteiger partial charge in [0.1, 0.15) is 5.75 Å². The second-order valence-corrected chi connectivity index (χ2v) is 5.98. The molecule has 3 nitrogen and oxygen atoms in total. The van der Waals surface area contributed by atoms with Crippen molar-refractivity contribution in [3.05, 3.63) is 27.7 Å². The van der Waals surface area contributed by atoms with Crippen LogP contribution in [0.3, 0.4) is 0 Å². The molecule has 2 N–H and O–H groups in total. The van der Waals surface area contributed by atoms with Gasteiger partial charge in [-0.25, -0.2) is 0 Å². The molecule has 1 aliphatic rings. The first-order valence-electron chi connectivity index (χ1n) is 6.31. The highest BCUT2D eigenvalue weighted by molar-refractivity contribution is 9.10. The summed E-state index contributed by atoms with van der Waals surface area (Å²) in [4.78, 5) is 2.38. The van der Waals surface area contributed by atoms with Crippen LogP contribution >= 0.6 is 15.9 Å². The van der Waals surface area contributed by atoms with Crippen molar-refractivity contribution >= 4 is 15.9 Å². The second kappa shape index (κ2) is 5.59. The Labute approximate surface area is 117 Å². The molecule has 0 radical (unpaired) electrons. The summed E-state index contributed by atoms with van der Waals surface area (Å²) in [6.07, 6.45) is 1.13. The number of halogens is 1. The van der Waals surface area contributed by atoms with Crippen molar-refractivity contribution in [3.63, 3.8) is 0 Å². The molecule has 0 aliphatic carbocycles. The summed E-state index contributed by atoms with van der Waals surface area (Å²) in [7, 11) is 3.89. The van der Waals surface area contributed by atoms with E-state index in [1.807, 2.05) is 0 Å². The van der Waals surface area contributed by atoms with Gasteiger partial charge in [0.15, 0.2) is 0 Å². The molecular weight excluding hydrogens is 292 g/mol. The third-order valence-electron chi connectivity index (χ3n) is 3.89. The molecule has 0 bridgehead atoms. The van der Waals surface area contributed by atoms with Crippen LogP contribution < -0.4 is 10.5 Å². The molecule has 0 amide bonds. The highest BCUT2D eigenvalue weighted by atomic mass is 79.9. The number of nitrogens with zero attached hydrogens (tertiary/aromatic N) is 1. The van der Waals surface area contributed by atoms with E-state index >= 15 is 0 Å². The lowest BCUT2D eigenvalue weighted by molar-refractivity contribution is 0.312. The van der Waals surface area contributed by atoms with E-state index in [0.29, 0.717) is 12.0 Å². The molecule has 4 heteroatoms. The molecule has 1 aliphatic heterocycles. The zero-order chi connectivity index (χ0) is 13.3. The van der Waals surface area contributed by atoms with Crippen LogP contribution in [0.25, 0.3) is 0 Å². The minimum absolute atomic E-state index is 0.448. The van der Waals surface area contributed by atoms with Gasteiger partial charge in [0, 0.05) is 22.6 Å². The molecule has 2 unspecified atom stereocenters. The highest BCUT2D eigenvalue weighted by Gasteiger charge is 2.30. The van der Waals surface area contributed by atoms with Crippen molar-refractivity contribution in [1.29, 1.82) is 0 Å². The molecule has 0 saturated carbocycles. The van der Waals surface area contributed by atoms with Crippen molar-refractivity contribution < 1.29 is 4.74 Å². The summed E-state index contributed by atoms with van der Waals surface area (Å²) >= 11 is 3.61. The van der Waals surface area contributed by atoms with E-state index in [9.17, 15) is 0 Å². The van der Waals surface area contributed by atoms with E-state index in [2.05, 4.69) is 46.9 Å². The molecule has 1 aromatic rings. The van der Waals surface area contributed by atoms with Crippen LogP contribution in [0.4, 0.5) is 0 Å². The maximum atomic E-state index is 5.79. The van der Waals surface area contributed by atoms with Crippen LogP contribution in [-0.4, -0.2) is 32.1 Å². The minimum atomic E-state index is 0.448. The SMILES string of the molecule is COc1cc(C2CC(CN)CN2C)cc(Br)c1C. The van der Waals surface area contributed by atoms with Gasteiger partial charge in [0.25, 0.3) is 0 Å². The Kier molecular flexibility index (Phi) is 4.30. The smallest absolute Gasteiger partial charge is 0.123 e. The third-order valence-corrected chi connectivity index (χ3v) is 4.72. The molecule has 1 fully saturated rings. The number of methoxy groups -OCH3 is 1. The molecule has 2 atom stereocenters. The fourth-order valence-electron chi connectivity index (χ4n) is 2.74. The van der Waals surface area contributed by atoms with Gasteiger partial charge in [-0.2, -0.15) is 0 Å². The number of hydrogen-bond donors (Lipinski definition) is 1. The number of rotatable bonds is 3. The van der Waals surface area contributed by atoms with E-state index in [1.54, 1.807) is 7.11 Å². The molecule has 1 heterocycles. The molecular formula is C14H21BrN2O. The second-order valence-electron chi connectivity index (χ2n) is 5.12. The van der Waals surface area contributed by atoms with Crippen LogP contribution in [-0.2, 0) is 0 Å². The average molecular weight is 313 g/mol. The van der Waals surface area contributed by atoms with Gasteiger partial charge >= 0.3 is 0 Å². The predicted octanol–water partition coefficient (Wildman–Crippen LogP) is 2.72.